The molecule has 1 amide bonds. The number of aryl methyl sites for hydroxylation is 1. The summed E-state index contributed by atoms with van der Waals surface area (Å²) >= 11 is 0. The highest BCUT2D eigenvalue weighted by atomic mass is 16.1. The Morgan fingerprint density at radius 1 is 1.37 bits per heavy atom. The lowest BCUT2D eigenvalue weighted by Gasteiger charge is -2.32. The van der Waals surface area contributed by atoms with Crippen LogP contribution in [-0.2, 0) is 4.79 Å². The Bertz CT molecular complexity index is 427. The molecule has 0 bridgehead atoms. The van der Waals surface area contributed by atoms with E-state index in [-0.39, 0.29) is 5.91 Å². The van der Waals surface area contributed by atoms with Gasteiger partial charge in [0.2, 0.25) is 5.91 Å². The molecule has 4 nitrogen and oxygen atoms in total. The van der Waals surface area contributed by atoms with Gasteiger partial charge in [-0.15, -0.1) is 0 Å². The lowest BCUT2D eigenvalue weighted by molar-refractivity contribution is -0.117. The van der Waals surface area contributed by atoms with Gasteiger partial charge in [-0.2, -0.15) is 0 Å². The van der Waals surface area contributed by atoms with Crippen LogP contribution in [0.4, 0.5) is 5.69 Å². The summed E-state index contributed by atoms with van der Waals surface area (Å²) < 4.78 is 0. The molecule has 1 saturated heterocycles. The van der Waals surface area contributed by atoms with Crippen molar-refractivity contribution in [2.45, 2.75) is 26.3 Å². The molecule has 0 aromatic heterocycles. The molecule has 1 aromatic carbocycles. The summed E-state index contributed by atoms with van der Waals surface area (Å²) in [7, 11) is 0. The number of para-hydroxylation sites is 1. The first kappa shape index (κ1) is 14.0. The summed E-state index contributed by atoms with van der Waals surface area (Å²) in [6.07, 6.45) is 0.550. The topological polar surface area (TPSA) is 44.4 Å². The first-order valence-corrected chi connectivity index (χ1v) is 6.97. The van der Waals surface area contributed by atoms with Gasteiger partial charge in [-0.1, -0.05) is 18.2 Å². The fourth-order valence-electron chi connectivity index (χ4n) is 2.43. The number of rotatable bonds is 4. The second-order valence-electron chi connectivity index (χ2n) is 5.20. The van der Waals surface area contributed by atoms with Gasteiger partial charge < -0.3 is 10.6 Å². The van der Waals surface area contributed by atoms with Gasteiger partial charge in [0.05, 0.1) is 0 Å². The fourth-order valence-corrected chi connectivity index (χ4v) is 2.43. The zero-order chi connectivity index (χ0) is 13.7. The Morgan fingerprint density at radius 3 is 2.74 bits per heavy atom. The maximum absolute atomic E-state index is 12.1. The molecule has 1 fully saturated rings. The van der Waals surface area contributed by atoms with Crippen molar-refractivity contribution >= 4 is 11.6 Å². The van der Waals surface area contributed by atoms with Gasteiger partial charge in [0, 0.05) is 44.3 Å². The number of carbonyl (C=O) groups is 1. The highest BCUT2D eigenvalue weighted by Gasteiger charge is 2.19. The minimum atomic E-state index is 0.0975. The average Bonchev–Trinajstić information content (AvgIpc) is 2.42. The van der Waals surface area contributed by atoms with E-state index in [0.29, 0.717) is 12.5 Å². The van der Waals surface area contributed by atoms with Crippen molar-refractivity contribution in [2.24, 2.45) is 0 Å². The molecule has 1 aliphatic rings. The van der Waals surface area contributed by atoms with E-state index >= 15 is 0 Å². The fraction of sp³-hybridized carbons (Fsp3) is 0.533. The Morgan fingerprint density at radius 2 is 2.05 bits per heavy atom. The van der Waals surface area contributed by atoms with Crippen LogP contribution in [0.25, 0.3) is 0 Å². The molecule has 0 saturated carbocycles. The standard InChI is InChI=1S/C15H23N3O/c1-12-5-3-4-6-14(12)17-15(19)11-13(2)18-9-7-16-8-10-18/h3-6,13,16H,7-11H2,1-2H3,(H,17,19). The summed E-state index contributed by atoms with van der Waals surface area (Å²) in [4.78, 5) is 14.4. The molecule has 4 heteroatoms. The maximum Gasteiger partial charge on any atom is 0.225 e. The first-order chi connectivity index (χ1) is 9.16. The number of anilines is 1. The molecule has 104 valence electrons. The number of benzene rings is 1. The van der Waals surface area contributed by atoms with E-state index in [0.717, 1.165) is 37.4 Å². The Balaban J connectivity index is 1.85. The van der Waals surface area contributed by atoms with Gasteiger partial charge in [-0.05, 0) is 25.5 Å². The molecule has 1 heterocycles. The molecule has 2 rings (SSSR count). The van der Waals surface area contributed by atoms with Gasteiger partial charge >= 0.3 is 0 Å². The highest BCUT2D eigenvalue weighted by molar-refractivity contribution is 5.91. The van der Waals surface area contributed by atoms with Crippen molar-refractivity contribution in [3.05, 3.63) is 29.8 Å². The summed E-state index contributed by atoms with van der Waals surface area (Å²) in [5.74, 6) is 0.0975. The predicted octanol–water partition coefficient (Wildman–Crippen LogP) is 1.62. The van der Waals surface area contributed by atoms with Gasteiger partial charge in [-0.25, -0.2) is 0 Å². The van der Waals surface area contributed by atoms with Gasteiger partial charge in [0.25, 0.3) is 0 Å². The molecule has 2 N–H and O–H groups in total. The normalized spacial score (nSPS) is 18.0. The number of piperazine rings is 1. The lowest BCUT2D eigenvalue weighted by atomic mass is 10.1. The Labute approximate surface area is 115 Å². The molecular formula is C15H23N3O. The number of nitrogens with zero attached hydrogens (tertiary/aromatic N) is 1. The van der Waals surface area contributed by atoms with Crippen molar-refractivity contribution in [1.29, 1.82) is 0 Å². The predicted molar refractivity (Wildman–Crippen MR) is 78.3 cm³/mol. The number of nitrogens with one attached hydrogen (secondary N) is 2. The third-order valence-electron chi connectivity index (χ3n) is 3.67. The van der Waals surface area contributed by atoms with Crippen molar-refractivity contribution in [3.63, 3.8) is 0 Å². The van der Waals surface area contributed by atoms with Gasteiger partial charge in [0.15, 0.2) is 0 Å². The molecule has 1 aromatic rings. The van der Waals surface area contributed by atoms with Crippen molar-refractivity contribution in [2.75, 3.05) is 31.5 Å². The van der Waals surface area contributed by atoms with Crippen LogP contribution < -0.4 is 10.6 Å². The smallest absolute Gasteiger partial charge is 0.225 e. The van der Waals surface area contributed by atoms with Crippen LogP contribution in [0.15, 0.2) is 24.3 Å². The highest BCUT2D eigenvalue weighted by Crippen LogP contribution is 2.14. The minimum absolute atomic E-state index is 0.0975. The molecule has 1 atom stereocenters. The number of carbonyl (C=O) groups excluding carboxylic acids is 1. The Kier molecular flexibility index (Phi) is 4.93. The van der Waals surface area contributed by atoms with Crippen LogP contribution >= 0.6 is 0 Å². The zero-order valence-corrected chi connectivity index (χ0v) is 11.8. The number of hydrogen-bond donors (Lipinski definition) is 2. The van der Waals surface area contributed by atoms with E-state index in [2.05, 4.69) is 22.5 Å². The van der Waals surface area contributed by atoms with Gasteiger partial charge in [-0.3, -0.25) is 9.69 Å². The maximum atomic E-state index is 12.1. The van der Waals surface area contributed by atoms with Crippen LogP contribution in [0.1, 0.15) is 18.9 Å². The molecular weight excluding hydrogens is 238 g/mol. The summed E-state index contributed by atoms with van der Waals surface area (Å²) in [5, 5.41) is 6.33. The summed E-state index contributed by atoms with van der Waals surface area (Å²) in [5.41, 5.74) is 2.02. The second kappa shape index (κ2) is 6.68. The van der Waals surface area contributed by atoms with Gasteiger partial charge in [0.1, 0.15) is 0 Å². The molecule has 0 aliphatic carbocycles. The quantitative estimate of drug-likeness (QED) is 0.865. The van der Waals surface area contributed by atoms with Crippen molar-refractivity contribution in [3.8, 4) is 0 Å². The molecule has 0 radical (unpaired) electrons. The monoisotopic (exact) mass is 261 g/mol. The summed E-state index contributed by atoms with van der Waals surface area (Å²) in [6.45, 7) is 8.23. The molecule has 1 aliphatic heterocycles. The third-order valence-corrected chi connectivity index (χ3v) is 3.67. The van der Waals surface area contributed by atoms with Crippen LogP contribution in [0.2, 0.25) is 0 Å². The largest absolute Gasteiger partial charge is 0.326 e. The van der Waals surface area contributed by atoms with E-state index in [1.165, 1.54) is 0 Å². The molecule has 0 spiro atoms. The third kappa shape index (κ3) is 4.04. The minimum Gasteiger partial charge on any atom is -0.326 e. The van der Waals surface area contributed by atoms with Crippen LogP contribution in [0.3, 0.4) is 0 Å². The van der Waals surface area contributed by atoms with E-state index in [4.69, 9.17) is 0 Å². The van der Waals surface area contributed by atoms with Crippen LogP contribution in [0, 0.1) is 6.92 Å². The first-order valence-electron chi connectivity index (χ1n) is 6.97. The Hall–Kier alpha value is -1.39. The SMILES string of the molecule is Cc1ccccc1NC(=O)CC(C)N1CCNCC1. The second-order valence-corrected chi connectivity index (χ2v) is 5.20. The summed E-state index contributed by atoms with van der Waals surface area (Å²) in [6, 6.07) is 8.18. The van der Waals surface area contributed by atoms with Crippen molar-refractivity contribution in [1.82, 2.24) is 10.2 Å². The lowest BCUT2D eigenvalue weighted by Crippen LogP contribution is -2.48. The van der Waals surface area contributed by atoms with Crippen LogP contribution in [0.5, 0.6) is 0 Å². The zero-order valence-electron chi connectivity index (χ0n) is 11.8. The van der Waals surface area contributed by atoms with E-state index < -0.39 is 0 Å². The number of hydrogen-bond acceptors (Lipinski definition) is 3. The number of amides is 1. The molecule has 1 unspecified atom stereocenters. The van der Waals surface area contributed by atoms with E-state index in [9.17, 15) is 4.79 Å². The van der Waals surface area contributed by atoms with Crippen LogP contribution in [-0.4, -0.2) is 43.0 Å². The molecule has 19 heavy (non-hydrogen) atoms. The van der Waals surface area contributed by atoms with Crippen molar-refractivity contribution < 1.29 is 4.79 Å². The van der Waals surface area contributed by atoms with E-state index in [1.54, 1.807) is 0 Å². The van der Waals surface area contributed by atoms with E-state index in [1.807, 2.05) is 31.2 Å². The average molecular weight is 261 g/mol.